The van der Waals surface area contributed by atoms with Crippen LogP contribution in [-0.4, -0.2) is 53.6 Å². The van der Waals surface area contributed by atoms with E-state index in [4.69, 9.17) is 0 Å². The fourth-order valence-corrected chi connectivity index (χ4v) is 2.79. The van der Waals surface area contributed by atoms with Crippen molar-refractivity contribution in [2.24, 2.45) is 5.92 Å². The summed E-state index contributed by atoms with van der Waals surface area (Å²) in [6, 6.07) is 1.99. The molecule has 1 saturated heterocycles. The highest BCUT2D eigenvalue weighted by Gasteiger charge is 2.25. The number of anilines is 1. The van der Waals surface area contributed by atoms with E-state index in [0.717, 1.165) is 42.4 Å². The molecular formula is C13H19N5. The molecular weight excluding hydrogens is 226 g/mol. The van der Waals surface area contributed by atoms with Crippen LogP contribution in [0.15, 0.2) is 18.6 Å². The molecule has 18 heavy (non-hydrogen) atoms. The average Bonchev–Trinajstić information content (AvgIpc) is 2.95. The summed E-state index contributed by atoms with van der Waals surface area (Å²) in [5.41, 5.74) is 2.05. The first-order valence-corrected chi connectivity index (χ1v) is 6.42. The highest BCUT2D eigenvalue weighted by atomic mass is 15.2. The van der Waals surface area contributed by atoms with Crippen molar-refractivity contribution in [1.29, 1.82) is 0 Å². The minimum Gasteiger partial charge on any atom is -0.357 e. The third kappa shape index (κ3) is 2.06. The lowest BCUT2D eigenvalue weighted by Crippen LogP contribution is -2.26. The van der Waals surface area contributed by atoms with Gasteiger partial charge in [-0.05, 0) is 32.5 Å². The molecule has 3 heterocycles. The van der Waals surface area contributed by atoms with Crippen LogP contribution in [0.2, 0.25) is 0 Å². The van der Waals surface area contributed by atoms with Crippen molar-refractivity contribution < 1.29 is 0 Å². The van der Waals surface area contributed by atoms with E-state index in [2.05, 4.69) is 38.8 Å². The molecule has 1 aliphatic heterocycles. The van der Waals surface area contributed by atoms with Gasteiger partial charge in [0.05, 0.1) is 5.52 Å². The van der Waals surface area contributed by atoms with Crippen molar-refractivity contribution in [3.63, 3.8) is 0 Å². The van der Waals surface area contributed by atoms with Crippen LogP contribution in [0.25, 0.3) is 11.0 Å². The Balaban J connectivity index is 1.82. The first kappa shape index (κ1) is 11.5. The molecule has 0 aromatic carbocycles. The minimum atomic E-state index is 0.736. The third-order valence-electron chi connectivity index (χ3n) is 3.53. The largest absolute Gasteiger partial charge is 0.357 e. The van der Waals surface area contributed by atoms with Gasteiger partial charge in [-0.1, -0.05) is 0 Å². The highest BCUT2D eigenvalue weighted by molar-refractivity contribution is 5.85. The highest BCUT2D eigenvalue weighted by Crippen LogP contribution is 2.27. The van der Waals surface area contributed by atoms with Crippen LogP contribution in [0.5, 0.6) is 0 Å². The van der Waals surface area contributed by atoms with Crippen molar-refractivity contribution in [1.82, 2.24) is 19.9 Å². The summed E-state index contributed by atoms with van der Waals surface area (Å²) in [6.45, 7) is 3.32. The second kappa shape index (κ2) is 4.57. The maximum Gasteiger partial charge on any atom is 0.156 e. The summed E-state index contributed by atoms with van der Waals surface area (Å²) in [7, 11) is 4.27. The molecule has 2 aromatic rings. The summed E-state index contributed by atoms with van der Waals surface area (Å²) in [4.78, 5) is 16.6. The number of hydrogen-bond donors (Lipinski definition) is 1. The van der Waals surface area contributed by atoms with Gasteiger partial charge in [0.25, 0.3) is 0 Å². The van der Waals surface area contributed by atoms with Crippen LogP contribution in [0.3, 0.4) is 0 Å². The summed E-state index contributed by atoms with van der Waals surface area (Å²) >= 11 is 0. The van der Waals surface area contributed by atoms with Crippen LogP contribution in [0.1, 0.15) is 6.42 Å². The summed E-state index contributed by atoms with van der Waals surface area (Å²) in [5, 5.41) is 0. The van der Waals surface area contributed by atoms with Gasteiger partial charge >= 0.3 is 0 Å². The third-order valence-corrected chi connectivity index (χ3v) is 3.53. The molecule has 96 valence electrons. The van der Waals surface area contributed by atoms with Crippen LogP contribution in [-0.2, 0) is 0 Å². The maximum atomic E-state index is 4.44. The van der Waals surface area contributed by atoms with Gasteiger partial charge in [0.1, 0.15) is 11.8 Å². The van der Waals surface area contributed by atoms with E-state index in [0.29, 0.717) is 0 Å². The fourth-order valence-electron chi connectivity index (χ4n) is 2.79. The van der Waals surface area contributed by atoms with E-state index in [1.165, 1.54) is 6.42 Å². The number of fused-ring (bicyclic) bond motifs is 1. The van der Waals surface area contributed by atoms with Gasteiger partial charge in [-0.3, -0.25) is 0 Å². The number of H-pyrrole nitrogens is 1. The molecule has 0 spiro atoms. The number of rotatable bonds is 3. The quantitative estimate of drug-likeness (QED) is 0.886. The van der Waals surface area contributed by atoms with E-state index >= 15 is 0 Å². The van der Waals surface area contributed by atoms with Crippen LogP contribution in [0, 0.1) is 5.92 Å². The second-order valence-electron chi connectivity index (χ2n) is 5.30. The van der Waals surface area contributed by atoms with Gasteiger partial charge < -0.3 is 14.8 Å². The second-order valence-corrected chi connectivity index (χ2v) is 5.30. The van der Waals surface area contributed by atoms with E-state index in [1.54, 1.807) is 6.33 Å². The van der Waals surface area contributed by atoms with Gasteiger partial charge in [0.2, 0.25) is 0 Å². The molecule has 0 bridgehead atoms. The lowest BCUT2D eigenvalue weighted by atomic mass is 10.1. The zero-order valence-corrected chi connectivity index (χ0v) is 10.9. The van der Waals surface area contributed by atoms with Crippen molar-refractivity contribution in [3.8, 4) is 0 Å². The van der Waals surface area contributed by atoms with E-state index in [9.17, 15) is 0 Å². The predicted molar refractivity (Wildman–Crippen MR) is 72.8 cm³/mol. The van der Waals surface area contributed by atoms with E-state index in [1.807, 2.05) is 12.3 Å². The minimum absolute atomic E-state index is 0.736. The molecule has 5 nitrogen and oxygen atoms in total. The molecule has 2 aromatic heterocycles. The lowest BCUT2D eigenvalue weighted by molar-refractivity contribution is 0.340. The summed E-state index contributed by atoms with van der Waals surface area (Å²) < 4.78 is 0. The Labute approximate surface area is 107 Å². The topological polar surface area (TPSA) is 48.1 Å². The maximum absolute atomic E-state index is 4.44. The number of aromatic nitrogens is 3. The molecule has 1 N–H and O–H groups in total. The standard InChI is InChI=1S/C13H19N5/c1-17(2)7-10-4-6-18(8-10)13-12-11(3-5-14-12)15-9-16-13/h3,5,9-10,14H,4,6-8H2,1-2H3. The van der Waals surface area contributed by atoms with Gasteiger partial charge in [0.15, 0.2) is 5.82 Å². The Morgan fingerprint density at radius 3 is 3.17 bits per heavy atom. The first-order chi connectivity index (χ1) is 8.74. The Morgan fingerprint density at radius 2 is 2.33 bits per heavy atom. The van der Waals surface area contributed by atoms with Crippen LogP contribution in [0.4, 0.5) is 5.82 Å². The monoisotopic (exact) mass is 245 g/mol. The smallest absolute Gasteiger partial charge is 0.156 e. The molecule has 1 aliphatic rings. The lowest BCUT2D eigenvalue weighted by Gasteiger charge is -2.19. The van der Waals surface area contributed by atoms with Crippen molar-refractivity contribution in [2.75, 3.05) is 38.6 Å². The SMILES string of the molecule is CN(C)CC1CCN(c2ncnc3cc[nH]c23)C1. The summed E-state index contributed by atoms with van der Waals surface area (Å²) in [5.74, 6) is 1.78. The Morgan fingerprint density at radius 1 is 1.44 bits per heavy atom. The van der Waals surface area contributed by atoms with E-state index < -0.39 is 0 Å². The van der Waals surface area contributed by atoms with Crippen LogP contribution < -0.4 is 4.90 Å². The van der Waals surface area contributed by atoms with Gasteiger partial charge in [-0.2, -0.15) is 0 Å². The normalized spacial score (nSPS) is 20.2. The summed E-state index contributed by atoms with van der Waals surface area (Å²) in [6.07, 6.45) is 4.82. The predicted octanol–water partition coefficient (Wildman–Crippen LogP) is 1.35. The fraction of sp³-hybridized carbons (Fsp3) is 0.538. The molecule has 1 fully saturated rings. The number of nitrogens with zero attached hydrogens (tertiary/aromatic N) is 4. The number of hydrogen-bond acceptors (Lipinski definition) is 4. The Hall–Kier alpha value is -1.62. The van der Waals surface area contributed by atoms with Gasteiger partial charge in [-0.15, -0.1) is 0 Å². The Kier molecular flexibility index (Phi) is 2.91. The molecule has 1 unspecified atom stereocenters. The average molecular weight is 245 g/mol. The van der Waals surface area contributed by atoms with Gasteiger partial charge in [0, 0.05) is 25.8 Å². The van der Waals surface area contributed by atoms with Crippen molar-refractivity contribution >= 4 is 16.9 Å². The van der Waals surface area contributed by atoms with Crippen molar-refractivity contribution in [2.45, 2.75) is 6.42 Å². The van der Waals surface area contributed by atoms with Crippen LogP contribution >= 0.6 is 0 Å². The first-order valence-electron chi connectivity index (χ1n) is 6.42. The van der Waals surface area contributed by atoms with E-state index in [-0.39, 0.29) is 0 Å². The number of aromatic amines is 1. The molecule has 0 radical (unpaired) electrons. The molecule has 1 atom stereocenters. The molecule has 0 amide bonds. The van der Waals surface area contributed by atoms with Crippen molar-refractivity contribution in [3.05, 3.63) is 18.6 Å². The zero-order chi connectivity index (χ0) is 12.5. The zero-order valence-electron chi connectivity index (χ0n) is 10.9. The molecule has 0 saturated carbocycles. The van der Waals surface area contributed by atoms with Gasteiger partial charge in [-0.25, -0.2) is 9.97 Å². The Bertz CT molecular complexity index is 533. The molecule has 5 heteroatoms. The number of nitrogens with one attached hydrogen (secondary N) is 1. The molecule has 3 rings (SSSR count). The molecule has 0 aliphatic carbocycles.